The summed E-state index contributed by atoms with van der Waals surface area (Å²) in [4.78, 5) is 24.0. The molecule has 1 aromatic heterocycles. The van der Waals surface area contributed by atoms with Crippen molar-refractivity contribution in [3.05, 3.63) is 45.6 Å². The van der Waals surface area contributed by atoms with E-state index in [4.69, 9.17) is 32.7 Å². The number of likely N-dealkylation sites (tertiary alicyclic amines) is 1. The maximum atomic E-state index is 13.0. The van der Waals surface area contributed by atoms with E-state index >= 15 is 0 Å². The second-order valence-corrected chi connectivity index (χ2v) is 14.0. The number of halogens is 2. The molecule has 2 N–H and O–H groups in total. The molecule has 1 amide bonds. The molecule has 2 aliphatic carbocycles. The lowest BCUT2D eigenvalue weighted by molar-refractivity contribution is 0.0891. The summed E-state index contributed by atoms with van der Waals surface area (Å²) in [6.45, 7) is 1.84. The molecule has 11 nitrogen and oxygen atoms in total. The number of carbonyl (C=O) groups excluding carboxylic acids is 1. The maximum absolute atomic E-state index is 13.0. The zero-order valence-corrected chi connectivity index (χ0v) is 26.4. The number of anilines is 2. The SMILES string of the molecule is COc1cc(C(=O)NC2CCN(C)CC2)c(Cl)cc1Nc1ncc(Cl)c(O[C@@H]2CCC[C@]2(C2=CC2)N(C)S(C)(=O)=O)n1. The first-order chi connectivity index (χ1) is 19.9. The van der Waals surface area contributed by atoms with Crippen LogP contribution in [0.1, 0.15) is 48.9 Å². The summed E-state index contributed by atoms with van der Waals surface area (Å²) in [5.74, 6) is 0.410. The minimum absolute atomic E-state index is 0.0847. The van der Waals surface area contributed by atoms with Gasteiger partial charge in [-0.15, -0.1) is 0 Å². The lowest BCUT2D eigenvalue weighted by Gasteiger charge is -2.40. The standard InChI is InChI=1S/C28H36Cl2N6O5S/c1-35-12-9-18(10-13-35)32-25(37)19-14-23(40-3)22(15-20(19)29)33-27-31-16-21(30)26(34-27)41-24-6-5-11-28(24,17-7-8-17)36(2)42(4,38)39/h7,14-16,18,24H,5-6,8-13H2,1-4H3,(H,32,37)(H,31,33,34)/t24-,28-/m1/s1. The van der Waals surface area contributed by atoms with Gasteiger partial charge < -0.3 is 25.0 Å². The maximum Gasteiger partial charge on any atom is 0.253 e. The first kappa shape index (κ1) is 30.8. The van der Waals surface area contributed by atoms with Crippen LogP contribution in [0, 0.1) is 0 Å². The number of methoxy groups -OCH3 is 1. The van der Waals surface area contributed by atoms with Crippen molar-refractivity contribution in [2.75, 3.05) is 45.9 Å². The minimum Gasteiger partial charge on any atom is -0.495 e. The van der Waals surface area contributed by atoms with E-state index in [9.17, 15) is 13.2 Å². The summed E-state index contributed by atoms with van der Waals surface area (Å²) in [7, 11) is 1.67. The summed E-state index contributed by atoms with van der Waals surface area (Å²) in [6.07, 6.45) is 8.76. The molecular formula is C28H36Cl2N6O5S. The van der Waals surface area contributed by atoms with Gasteiger partial charge in [-0.05, 0) is 76.4 Å². The highest BCUT2D eigenvalue weighted by molar-refractivity contribution is 7.88. The van der Waals surface area contributed by atoms with E-state index in [0.717, 1.165) is 44.3 Å². The van der Waals surface area contributed by atoms with Crippen LogP contribution in [0.2, 0.25) is 10.0 Å². The summed E-state index contributed by atoms with van der Waals surface area (Å²) in [5.41, 5.74) is 1.01. The van der Waals surface area contributed by atoms with E-state index in [1.54, 1.807) is 19.2 Å². The molecule has 42 heavy (non-hydrogen) atoms. The van der Waals surface area contributed by atoms with Gasteiger partial charge in [0.15, 0.2) is 0 Å². The number of nitrogens with zero attached hydrogens (tertiary/aromatic N) is 4. The third-order valence-electron chi connectivity index (χ3n) is 8.38. The van der Waals surface area contributed by atoms with E-state index in [1.165, 1.54) is 23.9 Å². The van der Waals surface area contributed by atoms with E-state index in [2.05, 4.69) is 32.5 Å². The predicted octanol–water partition coefficient (Wildman–Crippen LogP) is 4.25. The zero-order chi connectivity index (χ0) is 30.2. The monoisotopic (exact) mass is 638 g/mol. The quantitative estimate of drug-likeness (QED) is 0.367. The number of aromatic nitrogens is 2. The van der Waals surface area contributed by atoms with Gasteiger partial charge in [-0.25, -0.2) is 13.4 Å². The highest BCUT2D eigenvalue weighted by Gasteiger charge is 2.55. The molecule has 0 radical (unpaired) electrons. The van der Waals surface area contributed by atoms with Crippen LogP contribution in [0.5, 0.6) is 11.6 Å². The highest BCUT2D eigenvalue weighted by Crippen LogP contribution is 2.49. The molecule has 1 aromatic carbocycles. The Hall–Kier alpha value is -2.64. The van der Waals surface area contributed by atoms with Crippen molar-refractivity contribution in [2.24, 2.45) is 0 Å². The number of piperidine rings is 1. The fourth-order valence-corrected chi connectivity index (χ4v) is 7.21. The molecule has 1 saturated heterocycles. The van der Waals surface area contributed by atoms with Gasteiger partial charge in [0, 0.05) is 13.1 Å². The molecule has 0 spiro atoms. The summed E-state index contributed by atoms with van der Waals surface area (Å²) in [5, 5.41) is 6.60. The van der Waals surface area contributed by atoms with Gasteiger partial charge in [-0.3, -0.25) is 4.79 Å². The number of amides is 1. The van der Waals surface area contributed by atoms with Crippen LogP contribution in [0.15, 0.2) is 30.0 Å². The average molecular weight is 640 g/mol. The lowest BCUT2D eigenvalue weighted by atomic mass is 9.91. The third kappa shape index (κ3) is 6.33. The third-order valence-corrected chi connectivity index (χ3v) is 10.3. The number of benzene rings is 1. The largest absolute Gasteiger partial charge is 0.495 e. The van der Waals surface area contributed by atoms with E-state index in [-0.39, 0.29) is 33.8 Å². The topological polar surface area (TPSA) is 126 Å². The highest BCUT2D eigenvalue weighted by atomic mass is 35.5. The number of rotatable bonds is 10. The van der Waals surface area contributed by atoms with Gasteiger partial charge in [-0.1, -0.05) is 29.3 Å². The number of carbonyl (C=O) groups is 1. The molecule has 14 heteroatoms. The summed E-state index contributed by atoms with van der Waals surface area (Å²) >= 11 is 13.0. The van der Waals surface area contributed by atoms with Crippen molar-refractivity contribution in [3.8, 4) is 11.6 Å². The van der Waals surface area contributed by atoms with E-state index < -0.39 is 21.7 Å². The van der Waals surface area contributed by atoms with Crippen molar-refractivity contribution in [3.63, 3.8) is 0 Å². The van der Waals surface area contributed by atoms with Crippen molar-refractivity contribution in [2.45, 2.75) is 56.2 Å². The molecule has 228 valence electrons. The molecular weight excluding hydrogens is 603 g/mol. The number of hydrogen-bond donors (Lipinski definition) is 2. The number of sulfonamides is 1. The van der Waals surface area contributed by atoms with Crippen molar-refractivity contribution < 1.29 is 22.7 Å². The average Bonchev–Trinajstić information content (AvgIpc) is 3.72. The van der Waals surface area contributed by atoms with Gasteiger partial charge in [0.1, 0.15) is 16.9 Å². The first-order valence-electron chi connectivity index (χ1n) is 13.9. The molecule has 2 atom stereocenters. The molecule has 0 bridgehead atoms. The molecule has 1 aliphatic heterocycles. The second kappa shape index (κ2) is 12.2. The molecule has 3 aliphatic rings. The van der Waals surface area contributed by atoms with Gasteiger partial charge in [0.25, 0.3) is 5.91 Å². The Morgan fingerprint density at radius 2 is 1.90 bits per heavy atom. The predicted molar refractivity (Wildman–Crippen MR) is 163 cm³/mol. The van der Waals surface area contributed by atoms with Crippen molar-refractivity contribution in [1.82, 2.24) is 24.5 Å². The first-order valence-corrected chi connectivity index (χ1v) is 16.5. The van der Waals surface area contributed by atoms with E-state index in [0.29, 0.717) is 29.8 Å². The molecule has 1 saturated carbocycles. The number of likely N-dealkylation sites (N-methyl/N-ethyl adjacent to an activating group) is 1. The van der Waals surface area contributed by atoms with Crippen LogP contribution in [-0.2, 0) is 10.0 Å². The Morgan fingerprint density at radius 1 is 1.19 bits per heavy atom. The molecule has 5 rings (SSSR count). The normalized spacial score (nSPS) is 23.0. The number of nitrogens with one attached hydrogen (secondary N) is 2. The van der Waals surface area contributed by atoms with Crippen LogP contribution in [0.3, 0.4) is 0 Å². The molecule has 0 unspecified atom stereocenters. The number of ether oxygens (including phenoxy) is 2. The second-order valence-electron chi connectivity index (χ2n) is 11.1. The summed E-state index contributed by atoms with van der Waals surface area (Å²) in [6, 6.07) is 3.26. The molecule has 2 fully saturated rings. The van der Waals surface area contributed by atoms with E-state index in [1.807, 2.05) is 6.08 Å². The van der Waals surface area contributed by atoms with Crippen LogP contribution in [0.25, 0.3) is 0 Å². The molecule has 2 aromatic rings. The van der Waals surface area contributed by atoms with Crippen molar-refractivity contribution in [1.29, 1.82) is 0 Å². The Kier molecular flexibility index (Phi) is 8.92. The zero-order valence-electron chi connectivity index (χ0n) is 24.1. The number of allylic oxidation sites excluding steroid dienone is 1. The number of hydrogen-bond acceptors (Lipinski definition) is 9. The Balaban J connectivity index is 1.35. The summed E-state index contributed by atoms with van der Waals surface area (Å²) < 4.78 is 38.5. The van der Waals surface area contributed by atoms with Crippen molar-refractivity contribution >= 4 is 50.8 Å². The fourth-order valence-electron chi connectivity index (χ4n) is 5.90. The van der Waals surface area contributed by atoms with Gasteiger partial charge in [-0.2, -0.15) is 9.29 Å². The Bertz CT molecular complexity index is 1500. The smallest absolute Gasteiger partial charge is 0.253 e. The van der Waals surface area contributed by atoms with Gasteiger partial charge in [0.2, 0.25) is 21.9 Å². The van der Waals surface area contributed by atoms with Crippen LogP contribution >= 0.6 is 23.2 Å². The Morgan fingerprint density at radius 3 is 2.55 bits per heavy atom. The van der Waals surface area contributed by atoms with Crippen LogP contribution < -0.4 is 20.1 Å². The fraction of sp³-hybridized carbons (Fsp3) is 0.536. The van der Waals surface area contributed by atoms with Crippen LogP contribution in [-0.4, -0.2) is 91.7 Å². The van der Waals surface area contributed by atoms with Crippen LogP contribution in [0.4, 0.5) is 11.6 Å². The Labute approximate surface area is 256 Å². The lowest BCUT2D eigenvalue weighted by Crippen LogP contribution is -2.55. The molecule has 2 heterocycles. The van der Waals surface area contributed by atoms with Gasteiger partial charge in [0.05, 0.1) is 41.4 Å². The van der Waals surface area contributed by atoms with Gasteiger partial charge >= 0.3 is 0 Å². The minimum atomic E-state index is -3.49.